The molecule has 2 heterocycles. The lowest BCUT2D eigenvalue weighted by Crippen LogP contribution is -2.56. The Morgan fingerprint density at radius 1 is 0.900 bits per heavy atom. The van der Waals surface area contributed by atoms with Crippen molar-refractivity contribution in [3.05, 3.63) is 89.2 Å². The van der Waals surface area contributed by atoms with Gasteiger partial charge in [0.1, 0.15) is 5.57 Å². The van der Waals surface area contributed by atoms with Crippen LogP contribution >= 0.6 is 23.8 Å². The number of anilines is 1. The summed E-state index contributed by atoms with van der Waals surface area (Å²) in [5, 5.41) is 0.708. The second-order valence-electron chi connectivity index (χ2n) is 6.65. The minimum Gasteiger partial charge on any atom is -0.317 e. The summed E-state index contributed by atoms with van der Waals surface area (Å²) in [5.74, 6) is -0.864. The molecular weight excluding hydrogens is 418 g/mol. The van der Waals surface area contributed by atoms with Gasteiger partial charge in [-0.1, -0.05) is 29.8 Å². The van der Waals surface area contributed by atoms with Gasteiger partial charge >= 0.3 is 0 Å². The van der Waals surface area contributed by atoms with E-state index in [4.69, 9.17) is 23.8 Å². The molecule has 1 saturated heterocycles. The molecule has 3 aromatic rings. The maximum atomic E-state index is 13.3. The third-order valence-electron chi connectivity index (χ3n) is 4.84. The standard InChI is InChI=1S/C23H18ClN3O2S/c1-2-25-21(28)20(15-19-9-6-14-26(19)17-7-4-3-5-8-17)22(29)27(23(25)30)18-12-10-16(24)11-13-18/h3-15H,2H2,1H3/b20-15+. The highest BCUT2D eigenvalue weighted by atomic mass is 35.5. The molecule has 0 N–H and O–H groups in total. The van der Waals surface area contributed by atoms with E-state index in [0.29, 0.717) is 17.3 Å². The van der Waals surface area contributed by atoms with E-state index < -0.39 is 11.8 Å². The third kappa shape index (κ3) is 3.56. The molecule has 2 amide bonds. The van der Waals surface area contributed by atoms with E-state index in [9.17, 15) is 9.59 Å². The SMILES string of the molecule is CCN1C(=O)/C(=C\c2cccn2-c2ccccc2)C(=O)N(c2ccc(Cl)cc2)C1=S. The first-order valence-corrected chi connectivity index (χ1v) is 10.2. The Morgan fingerprint density at radius 3 is 2.27 bits per heavy atom. The summed E-state index contributed by atoms with van der Waals surface area (Å²) < 4.78 is 1.92. The van der Waals surface area contributed by atoms with Crippen LogP contribution in [0.25, 0.3) is 11.8 Å². The van der Waals surface area contributed by atoms with E-state index in [2.05, 4.69) is 0 Å². The molecule has 2 aromatic carbocycles. The van der Waals surface area contributed by atoms with Crippen LogP contribution in [0.15, 0.2) is 78.5 Å². The monoisotopic (exact) mass is 435 g/mol. The minimum atomic E-state index is -0.460. The average molecular weight is 436 g/mol. The molecular formula is C23H18ClN3O2S. The van der Waals surface area contributed by atoms with Gasteiger partial charge in [-0.3, -0.25) is 19.4 Å². The number of thiocarbonyl (C=S) groups is 1. The highest BCUT2D eigenvalue weighted by molar-refractivity contribution is 7.80. The van der Waals surface area contributed by atoms with Crippen molar-refractivity contribution in [2.75, 3.05) is 11.4 Å². The van der Waals surface area contributed by atoms with E-state index in [1.165, 1.54) is 9.80 Å². The molecule has 0 aliphatic carbocycles. The number of benzene rings is 2. The van der Waals surface area contributed by atoms with Crippen molar-refractivity contribution < 1.29 is 9.59 Å². The Morgan fingerprint density at radius 2 is 1.60 bits per heavy atom. The highest BCUT2D eigenvalue weighted by Crippen LogP contribution is 2.27. The zero-order chi connectivity index (χ0) is 21.3. The van der Waals surface area contributed by atoms with Gasteiger partial charge in [0.05, 0.1) is 5.69 Å². The van der Waals surface area contributed by atoms with E-state index in [0.717, 1.165) is 11.4 Å². The number of nitrogens with zero attached hydrogens (tertiary/aromatic N) is 3. The Labute approximate surface area is 184 Å². The summed E-state index contributed by atoms with van der Waals surface area (Å²) in [6.07, 6.45) is 3.50. The summed E-state index contributed by atoms with van der Waals surface area (Å²) >= 11 is 11.5. The van der Waals surface area contributed by atoms with Gasteiger partial charge in [0.25, 0.3) is 11.8 Å². The smallest absolute Gasteiger partial charge is 0.270 e. The fraction of sp³-hybridized carbons (Fsp3) is 0.0870. The van der Waals surface area contributed by atoms with Crippen LogP contribution in [-0.4, -0.2) is 32.9 Å². The number of hydrogen-bond acceptors (Lipinski definition) is 3. The number of likely N-dealkylation sites (N-methyl/N-ethyl adjacent to an activating group) is 1. The molecule has 0 radical (unpaired) electrons. The second kappa shape index (κ2) is 8.26. The van der Waals surface area contributed by atoms with Gasteiger partial charge in [-0.15, -0.1) is 0 Å². The lowest BCUT2D eigenvalue weighted by atomic mass is 10.1. The van der Waals surface area contributed by atoms with Crippen LogP contribution < -0.4 is 4.90 Å². The van der Waals surface area contributed by atoms with Gasteiger partial charge in [-0.25, -0.2) is 0 Å². The van der Waals surface area contributed by atoms with Crippen LogP contribution in [0.5, 0.6) is 0 Å². The molecule has 0 spiro atoms. The van der Waals surface area contributed by atoms with E-state index in [1.54, 1.807) is 30.3 Å². The van der Waals surface area contributed by atoms with Crippen molar-refractivity contribution in [2.45, 2.75) is 6.92 Å². The molecule has 4 rings (SSSR count). The Bertz CT molecular complexity index is 1150. The molecule has 1 aromatic heterocycles. The van der Waals surface area contributed by atoms with Crippen LogP contribution in [0.1, 0.15) is 12.6 Å². The van der Waals surface area contributed by atoms with Crippen LogP contribution in [-0.2, 0) is 9.59 Å². The molecule has 1 fully saturated rings. The number of rotatable bonds is 4. The zero-order valence-corrected chi connectivity index (χ0v) is 17.7. The highest BCUT2D eigenvalue weighted by Gasteiger charge is 2.39. The topological polar surface area (TPSA) is 45.6 Å². The largest absolute Gasteiger partial charge is 0.317 e. The van der Waals surface area contributed by atoms with Gasteiger partial charge in [-0.2, -0.15) is 0 Å². The fourth-order valence-electron chi connectivity index (χ4n) is 3.36. The molecule has 5 nitrogen and oxygen atoms in total. The number of halogens is 1. The van der Waals surface area contributed by atoms with Crippen LogP contribution in [0.4, 0.5) is 5.69 Å². The van der Waals surface area contributed by atoms with Gasteiger partial charge in [-0.05, 0) is 73.7 Å². The van der Waals surface area contributed by atoms with Crippen molar-refractivity contribution in [3.63, 3.8) is 0 Å². The van der Waals surface area contributed by atoms with E-state index in [1.807, 2.05) is 60.2 Å². The number of amides is 2. The van der Waals surface area contributed by atoms with Crippen molar-refractivity contribution in [1.82, 2.24) is 9.47 Å². The van der Waals surface area contributed by atoms with Crippen LogP contribution in [0.3, 0.4) is 0 Å². The van der Waals surface area contributed by atoms with Gasteiger partial charge < -0.3 is 4.57 Å². The third-order valence-corrected chi connectivity index (χ3v) is 5.49. The van der Waals surface area contributed by atoms with Crippen molar-refractivity contribution in [2.24, 2.45) is 0 Å². The molecule has 0 bridgehead atoms. The van der Waals surface area contributed by atoms with Crippen LogP contribution in [0.2, 0.25) is 5.02 Å². The van der Waals surface area contributed by atoms with Gasteiger partial charge in [0, 0.05) is 29.1 Å². The molecule has 1 aliphatic heterocycles. The maximum Gasteiger partial charge on any atom is 0.270 e. The molecule has 0 saturated carbocycles. The zero-order valence-electron chi connectivity index (χ0n) is 16.2. The summed E-state index contributed by atoms with van der Waals surface area (Å²) in [6, 6.07) is 20.2. The lowest BCUT2D eigenvalue weighted by molar-refractivity contribution is -0.127. The summed E-state index contributed by atoms with van der Waals surface area (Å²) in [5.41, 5.74) is 2.27. The average Bonchev–Trinajstić information content (AvgIpc) is 3.22. The predicted octanol–water partition coefficient (Wildman–Crippen LogP) is 4.69. The summed E-state index contributed by atoms with van der Waals surface area (Å²) in [4.78, 5) is 29.2. The first-order valence-electron chi connectivity index (χ1n) is 9.41. The van der Waals surface area contributed by atoms with E-state index in [-0.39, 0.29) is 10.7 Å². The van der Waals surface area contributed by atoms with Gasteiger partial charge in [0.15, 0.2) is 5.11 Å². The number of aromatic nitrogens is 1. The number of hydrogen-bond donors (Lipinski definition) is 0. The second-order valence-corrected chi connectivity index (χ2v) is 7.45. The quantitative estimate of drug-likeness (QED) is 0.339. The van der Waals surface area contributed by atoms with Crippen molar-refractivity contribution >= 4 is 52.5 Å². The van der Waals surface area contributed by atoms with Crippen molar-refractivity contribution in [1.29, 1.82) is 0 Å². The minimum absolute atomic E-state index is 0.0521. The molecule has 0 unspecified atom stereocenters. The maximum absolute atomic E-state index is 13.3. The molecule has 0 atom stereocenters. The Balaban J connectivity index is 1.80. The molecule has 150 valence electrons. The first-order chi connectivity index (χ1) is 14.5. The van der Waals surface area contributed by atoms with E-state index >= 15 is 0 Å². The fourth-order valence-corrected chi connectivity index (χ4v) is 3.88. The first kappa shape index (κ1) is 20.1. The number of carbonyl (C=O) groups excluding carboxylic acids is 2. The van der Waals surface area contributed by atoms with Crippen LogP contribution in [0, 0.1) is 0 Å². The Kier molecular flexibility index (Phi) is 5.53. The predicted molar refractivity (Wildman–Crippen MR) is 123 cm³/mol. The molecule has 7 heteroatoms. The normalized spacial score (nSPS) is 15.9. The number of carbonyl (C=O) groups is 2. The van der Waals surface area contributed by atoms with Crippen molar-refractivity contribution in [3.8, 4) is 5.69 Å². The molecule has 1 aliphatic rings. The Hall–Kier alpha value is -3.22. The molecule has 30 heavy (non-hydrogen) atoms. The summed E-state index contributed by atoms with van der Waals surface area (Å²) in [6.45, 7) is 2.18. The number of para-hydroxylation sites is 1. The summed E-state index contributed by atoms with van der Waals surface area (Å²) in [7, 11) is 0. The lowest BCUT2D eigenvalue weighted by Gasteiger charge is -2.36. The van der Waals surface area contributed by atoms with Gasteiger partial charge in [0.2, 0.25) is 0 Å².